The Labute approximate surface area is 387 Å². The van der Waals surface area contributed by atoms with Gasteiger partial charge in [0, 0.05) is 54.5 Å². The van der Waals surface area contributed by atoms with Gasteiger partial charge in [-0.25, -0.2) is 0 Å². The van der Waals surface area contributed by atoms with Crippen LogP contribution in [0.3, 0.4) is 0 Å². The zero-order chi connectivity index (χ0) is 44.4. The molecular formula is C63H42N2O2. The summed E-state index contributed by atoms with van der Waals surface area (Å²) in [5.41, 5.74) is 19.3. The average molecular weight is 859 g/mol. The molecule has 0 unspecified atom stereocenters. The highest BCUT2D eigenvalue weighted by Crippen LogP contribution is 2.57. The highest BCUT2D eigenvalue weighted by atomic mass is 16.3. The van der Waals surface area contributed by atoms with Crippen LogP contribution in [0.25, 0.3) is 105 Å². The zero-order valence-corrected chi connectivity index (χ0v) is 37.0. The quantitative estimate of drug-likeness (QED) is 0.167. The van der Waals surface area contributed by atoms with Crippen LogP contribution in [0.5, 0.6) is 0 Å². The average Bonchev–Trinajstić information content (AvgIpc) is 4.11. The van der Waals surface area contributed by atoms with E-state index in [1.165, 1.54) is 44.1 Å². The van der Waals surface area contributed by atoms with Crippen LogP contribution in [-0.4, -0.2) is 4.57 Å². The van der Waals surface area contributed by atoms with Crippen molar-refractivity contribution >= 4 is 82.7 Å². The number of hydrogen-bond acceptors (Lipinski definition) is 3. The monoisotopic (exact) mass is 858 g/mol. The first-order valence-corrected chi connectivity index (χ1v) is 23.1. The summed E-state index contributed by atoms with van der Waals surface area (Å²) >= 11 is 0. The van der Waals surface area contributed by atoms with E-state index in [4.69, 9.17) is 8.83 Å². The van der Waals surface area contributed by atoms with Crippen molar-refractivity contribution in [1.29, 1.82) is 0 Å². The molecule has 0 bridgehead atoms. The number of benzene rings is 10. The van der Waals surface area contributed by atoms with Gasteiger partial charge in [0.1, 0.15) is 22.3 Å². The van der Waals surface area contributed by atoms with Gasteiger partial charge in [-0.1, -0.05) is 166 Å². The number of furan rings is 2. The maximum Gasteiger partial charge on any atom is 0.145 e. The van der Waals surface area contributed by atoms with Gasteiger partial charge in [-0.3, -0.25) is 0 Å². The highest BCUT2D eigenvalue weighted by Gasteiger charge is 2.39. The van der Waals surface area contributed by atoms with Crippen LogP contribution in [0.1, 0.15) is 25.0 Å². The molecule has 3 heterocycles. The van der Waals surface area contributed by atoms with E-state index in [0.29, 0.717) is 0 Å². The Bertz CT molecular complexity index is 4090. The summed E-state index contributed by atoms with van der Waals surface area (Å²) in [5, 5.41) is 6.85. The first-order valence-electron chi connectivity index (χ1n) is 23.1. The van der Waals surface area contributed by atoms with Crippen molar-refractivity contribution in [3.63, 3.8) is 0 Å². The lowest BCUT2D eigenvalue weighted by Gasteiger charge is -2.34. The van der Waals surface area contributed by atoms with Crippen LogP contribution < -0.4 is 4.90 Å². The number of rotatable bonds is 6. The predicted molar refractivity (Wildman–Crippen MR) is 278 cm³/mol. The Morgan fingerprint density at radius 3 is 1.73 bits per heavy atom. The molecule has 0 fully saturated rings. The topological polar surface area (TPSA) is 34.5 Å². The second-order valence-corrected chi connectivity index (χ2v) is 18.4. The molecule has 0 amide bonds. The van der Waals surface area contributed by atoms with Gasteiger partial charge < -0.3 is 18.3 Å². The molecule has 0 radical (unpaired) electrons. The molecule has 0 saturated heterocycles. The third kappa shape index (κ3) is 5.41. The molecule has 14 rings (SSSR count). The van der Waals surface area contributed by atoms with Gasteiger partial charge in [0.15, 0.2) is 0 Å². The fourth-order valence-corrected chi connectivity index (χ4v) is 11.5. The van der Waals surface area contributed by atoms with Crippen molar-refractivity contribution in [1.82, 2.24) is 4.57 Å². The van der Waals surface area contributed by atoms with Crippen molar-refractivity contribution < 1.29 is 8.83 Å². The predicted octanol–water partition coefficient (Wildman–Crippen LogP) is 17.7. The van der Waals surface area contributed by atoms with E-state index in [1.54, 1.807) is 0 Å². The molecule has 3 aromatic heterocycles. The molecule has 0 atom stereocenters. The molecule has 1 aliphatic rings. The van der Waals surface area contributed by atoms with Gasteiger partial charge in [0.25, 0.3) is 0 Å². The molecule has 67 heavy (non-hydrogen) atoms. The minimum atomic E-state index is -0.302. The second-order valence-electron chi connectivity index (χ2n) is 18.4. The van der Waals surface area contributed by atoms with E-state index in [9.17, 15) is 0 Å². The maximum atomic E-state index is 7.07. The molecule has 0 saturated carbocycles. The van der Waals surface area contributed by atoms with Crippen LogP contribution in [-0.2, 0) is 5.41 Å². The van der Waals surface area contributed by atoms with Crippen LogP contribution in [0.2, 0.25) is 0 Å². The zero-order valence-electron chi connectivity index (χ0n) is 37.0. The maximum absolute atomic E-state index is 7.07. The Balaban J connectivity index is 1.07. The standard InChI is InChI=1S/C63H42N2O2/c1-63(2)50-25-9-3-17-41(50)47-24-15-29-55(61(47)63)65(53-28-12-6-20-44(53)46-23-16-32-58-60(46)49-22-8-14-31-57(49)66-58)54-38-37-48-45-21-7-13-30-56(45)67-62(48)59(54)39-33-35-40(36-34-39)64-51-26-10-4-18-42(51)43-19-5-11-27-52(43)64/h3-38H,1-2H3. The Morgan fingerprint density at radius 1 is 0.388 bits per heavy atom. The van der Waals surface area contributed by atoms with Crippen LogP contribution >= 0.6 is 0 Å². The summed E-state index contributed by atoms with van der Waals surface area (Å²) in [6.45, 7) is 4.75. The lowest BCUT2D eigenvalue weighted by Crippen LogP contribution is -2.21. The van der Waals surface area contributed by atoms with Gasteiger partial charge >= 0.3 is 0 Å². The molecule has 13 aromatic rings. The summed E-state index contributed by atoms with van der Waals surface area (Å²) in [6, 6.07) is 78.9. The van der Waals surface area contributed by atoms with Crippen molar-refractivity contribution in [2.24, 2.45) is 0 Å². The van der Waals surface area contributed by atoms with Crippen molar-refractivity contribution in [2.75, 3.05) is 4.90 Å². The van der Waals surface area contributed by atoms with E-state index in [1.807, 2.05) is 6.07 Å². The summed E-state index contributed by atoms with van der Waals surface area (Å²) in [6.07, 6.45) is 0. The van der Waals surface area contributed by atoms with Crippen molar-refractivity contribution in [2.45, 2.75) is 19.3 Å². The molecule has 316 valence electrons. The Kier molecular flexibility index (Phi) is 8.00. The third-order valence-electron chi connectivity index (χ3n) is 14.4. The number of hydrogen-bond donors (Lipinski definition) is 0. The molecular weight excluding hydrogens is 817 g/mol. The summed E-state index contributed by atoms with van der Waals surface area (Å²) in [7, 11) is 0. The molecule has 0 N–H and O–H groups in total. The van der Waals surface area contributed by atoms with Gasteiger partial charge in [-0.05, 0) is 100 Å². The first-order chi connectivity index (χ1) is 33.0. The third-order valence-corrected chi connectivity index (χ3v) is 14.4. The Hall–Kier alpha value is -8.60. The van der Waals surface area contributed by atoms with Gasteiger partial charge in [0.05, 0.1) is 28.1 Å². The van der Waals surface area contributed by atoms with Crippen LogP contribution in [0, 0.1) is 0 Å². The fourth-order valence-electron chi connectivity index (χ4n) is 11.5. The van der Waals surface area contributed by atoms with E-state index in [2.05, 4.69) is 236 Å². The lowest BCUT2D eigenvalue weighted by atomic mass is 9.81. The molecule has 0 spiro atoms. The molecule has 4 nitrogen and oxygen atoms in total. The molecule has 1 aliphatic carbocycles. The van der Waals surface area contributed by atoms with Crippen LogP contribution in [0.4, 0.5) is 17.1 Å². The van der Waals surface area contributed by atoms with E-state index in [-0.39, 0.29) is 5.41 Å². The molecule has 4 heteroatoms. The van der Waals surface area contributed by atoms with Gasteiger partial charge in [0.2, 0.25) is 0 Å². The van der Waals surface area contributed by atoms with E-state index < -0.39 is 0 Å². The van der Waals surface area contributed by atoms with Gasteiger partial charge in [-0.2, -0.15) is 0 Å². The van der Waals surface area contributed by atoms with E-state index in [0.717, 1.165) is 88.9 Å². The smallest absolute Gasteiger partial charge is 0.145 e. The summed E-state index contributed by atoms with van der Waals surface area (Å²) in [4.78, 5) is 2.52. The number of nitrogens with zero attached hydrogens (tertiary/aromatic N) is 2. The normalized spacial score (nSPS) is 13.0. The number of aromatic nitrogens is 1. The lowest BCUT2D eigenvalue weighted by molar-refractivity contribution is 0.660. The number of anilines is 3. The number of para-hydroxylation sites is 5. The summed E-state index contributed by atoms with van der Waals surface area (Å²) in [5.74, 6) is 0. The highest BCUT2D eigenvalue weighted by molar-refractivity contribution is 6.16. The molecule has 0 aliphatic heterocycles. The fraction of sp³-hybridized carbons (Fsp3) is 0.0476. The van der Waals surface area contributed by atoms with Crippen LogP contribution in [0.15, 0.2) is 227 Å². The SMILES string of the molecule is CC1(C)c2ccccc2-c2cccc(N(c3ccccc3-c3cccc4oc5ccccc5c34)c3ccc4c(oc5ccccc54)c3-c3ccc(-n4c5ccccc5c5ccccc54)cc3)c21. The first kappa shape index (κ1) is 37.7. The number of fused-ring (bicyclic) bond motifs is 12. The van der Waals surface area contributed by atoms with Crippen molar-refractivity contribution in [3.8, 4) is 39.1 Å². The Morgan fingerprint density at radius 2 is 0.955 bits per heavy atom. The summed E-state index contributed by atoms with van der Waals surface area (Å²) < 4.78 is 16.0. The van der Waals surface area contributed by atoms with Gasteiger partial charge in [-0.15, -0.1) is 0 Å². The molecule has 10 aromatic carbocycles. The largest absolute Gasteiger partial charge is 0.456 e. The minimum Gasteiger partial charge on any atom is -0.456 e. The second kappa shape index (κ2) is 14.2. The minimum absolute atomic E-state index is 0.302. The van der Waals surface area contributed by atoms with E-state index >= 15 is 0 Å². The van der Waals surface area contributed by atoms with Crippen molar-refractivity contribution in [3.05, 3.63) is 230 Å².